The molecule has 0 aromatic heterocycles. The van der Waals surface area contributed by atoms with Gasteiger partial charge in [-0.2, -0.15) is 0 Å². The van der Waals surface area contributed by atoms with E-state index in [0.717, 1.165) is 11.1 Å². The standard InChI is InChI=1S/C17H18FNO2S/c1-13-3-11-17(12-4-13)22(20,21)19-14(2)5-6-15-7-9-16(18)10-8-15/h3-12,14,19H,1-2H3/b6-5+. The normalized spacial score (nSPS) is 13.4. The lowest BCUT2D eigenvalue weighted by Gasteiger charge is -2.11. The van der Waals surface area contributed by atoms with Crippen molar-refractivity contribution in [2.45, 2.75) is 24.8 Å². The van der Waals surface area contributed by atoms with Gasteiger partial charge in [0.15, 0.2) is 0 Å². The molecule has 0 aliphatic rings. The highest BCUT2D eigenvalue weighted by molar-refractivity contribution is 7.89. The van der Waals surface area contributed by atoms with Gasteiger partial charge in [-0.25, -0.2) is 17.5 Å². The fourth-order valence-electron chi connectivity index (χ4n) is 1.90. The highest BCUT2D eigenvalue weighted by atomic mass is 32.2. The van der Waals surface area contributed by atoms with E-state index in [1.807, 2.05) is 6.92 Å². The zero-order valence-electron chi connectivity index (χ0n) is 12.5. The molecule has 0 fully saturated rings. The summed E-state index contributed by atoms with van der Waals surface area (Å²) in [5, 5.41) is 0. The summed E-state index contributed by atoms with van der Waals surface area (Å²) in [5.41, 5.74) is 1.81. The van der Waals surface area contributed by atoms with E-state index < -0.39 is 10.0 Å². The van der Waals surface area contributed by atoms with E-state index in [1.165, 1.54) is 12.1 Å². The Morgan fingerprint density at radius 1 is 1.05 bits per heavy atom. The Morgan fingerprint density at radius 2 is 1.64 bits per heavy atom. The van der Waals surface area contributed by atoms with Gasteiger partial charge < -0.3 is 0 Å². The number of sulfonamides is 1. The van der Waals surface area contributed by atoms with Crippen molar-refractivity contribution in [2.24, 2.45) is 0 Å². The molecule has 0 aliphatic carbocycles. The van der Waals surface area contributed by atoms with Gasteiger partial charge in [0.1, 0.15) is 5.82 Å². The largest absolute Gasteiger partial charge is 0.241 e. The van der Waals surface area contributed by atoms with Crippen molar-refractivity contribution in [2.75, 3.05) is 0 Å². The molecule has 0 amide bonds. The summed E-state index contributed by atoms with van der Waals surface area (Å²) in [6.45, 7) is 3.64. The fourth-order valence-corrected chi connectivity index (χ4v) is 3.10. The van der Waals surface area contributed by atoms with Gasteiger partial charge in [0, 0.05) is 6.04 Å². The second-order valence-electron chi connectivity index (χ2n) is 5.13. The van der Waals surface area contributed by atoms with Crippen molar-refractivity contribution < 1.29 is 12.8 Å². The minimum absolute atomic E-state index is 0.236. The molecule has 22 heavy (non-hydrogen) atoms. The third-order valence-corrected chi connectivity index (χ3v) is 4.69. The lowest BCUT2D eigenvalue weighted by molar-refractivity contribution is 0.576. The number of benzene rings is 2. The molecule has 0 saturated carbocycles. The van der Waals surface area contributed by atoms with Gasteiger partial charge in [-0.3, -0.25) is 0 Å². The van der Waals surface area contributed by atoms with Gasteiger partial charge >= 0.3 is 0 Å². The van der Waals surface area contributed by atoms with Crippen LogP contribution in [-0.4, -0.2) is 14.5 Å². The number of nitrogens with one attached hydrogen (secondary N) is 1. The van der Waals surface area contributed by atoms with Gasteiger partial charge in [0.2, 0.25) is 10.0 Å². The number of halogens is 1. The van der Waals surface area contributed by atoms with Crippen molar-refractivity contribution in [1.29, 1.82) is 0 Å². The monoisotopic (exact) mass is 319 g/mol. The molecule has 0 spiro atoms. The predicted molar refractivity (Wildman–Crippen MR) is 86.4 cm³/mol. The van der Waals surface area contributed by atoms with Crippen molar-refractivity contribution >= 4 is 16.1 Å². The maximum Gasteiger partial charge on any atom is 0.241 e. The van der Waals surface area contributed by atoms with Crippen molar-refractivity contribution in [3.05, 3.63) is 71.6 Å². The Kier molecular flexibility index (Phi) is 5.11. The molecule has 0 saturated heterocycles. The topological polar surface area (TPSA) is 46.2 Å². The first-order valence-corrected chi connectivity index (χ1v) is 8.38. The van der Waals surface area contributed by atoms with Crippen molar-refractivity contribution in [3.8, 4) is 0 Å². The molecule has 0 heterocycles. The zero-order chi connectivity index (χ0) is 16.2. The van der Waals surface area contributed by atoms with Crippen LogP contribution in [0.3, 0.4) is 0 Å². The average Bonchev–Trinajstić information content (AvgIpc) is 2.46. The van der Waals surface area contributed by atoms with Crippen LogP contribution in [0.1, 0.15) is 18.1 Å². The minimum atomic E-state index is -3.55. The van der Waals surface area contributed by atoms with Crippen molar-refractivity contribution in [1.82, 2.24) is 4.72 Å². The second kappa shape index (κ2) is 6.85. The predicted octanol–water partition coefficient (Wildman–Crippen LogP) is 3.51. The first-order valence-electron chi connectivity index (χ1n) is 6.89. The number of hydrogen-bond donors (Lipinski definition) is 1. The first-order chi connectivity index (χ1) is 10.4. The van der Waals surface area contributed by atoms with Gasteiger partial charge in [-0.05, 0) is 43.7 Å². The van der Waals surface area contributed by atoms with Crippen LogP contribution >= 0.6 is 0 Å². The summed E-state index contributed by atoms with van der Waals surface area (Å²) >= 11 is 0. The number of hydrogen-bond acceptors (Lipinski definition) is 2. The summed E-state index contributed by atoms with van der Waals surface area (Å²) in [6.07, 6.45) is 3.47. The van der Waals surface area contributed by atoms with Gasteiger partial charge in [-0.15, -0.1) is 0 Å². The second-order valence-corrected chi connectivity index (χ2v) is 6.85. The van der Waals surface area contributed by atoms with E-state index in [9.17, 15) is 12.8 Å². The molecule has 0 aliphatic heterocycles. The summed E-state index contributed by atoms with van der Waals surface area (Å²) < 4.78 is 39.8. The lowest BCUT2D eigenvalue weighted by atomic mass is 10.2. The molecular formula is C17H18FNO2S. The van der Waals surface area contributed by atoms with Crippen LogP contribution in [-0.2, 0) is 10.0 Å². The Balaban J connectivity index is 2.05. The molecule has 1 atom stereocenters. The summed E-state index contributed by atoms with van der Waals surface area (Å²) in [6, 6.07) is 12.3. The summed E-state index contributed by atoms with van der Waals surface area (Å²) in [4.78, 5) is 0.236. The van der Waals surface area contributed by atoms with E-state index in [4.69, 9.17) is 0 Å². The van der Waals surface area contributed by atoms with E-state index in [1.54, 1.807) is 55.5 Å². The molecule has 0 radical (unpaired) electrons. The third-order valence-electron chi connectivity index (χ3n) is 3.12. The maximum atomic E-state index is 12.8. The van der Waals surface area contributed by atoms with E-state index >= 15 is 0 Å². The molecule has 2 aromatic rings. The van der Waals surface area contributed by atoms with Crippen LogP contribution in [0.4, 0.5) is 4.39 Å². The molecule has 2 rings (SSSR count). The van der Waals surface area contributed by atoms with Gasteiger partial charge in [0.05, 0.1) is 4.90 Å². The molecule has 2 aromatic carbocycles. The molecule has 116 valence electrons. The summed E-state index contributed by atoms with van der Waals surface area (Å²) in [5.74, 6) is -0.301. The molecule has 1 unspecified atom stereocenters. The van der Waals surface area contributed by atoms with Crippen LogP contribution in [0.15, 0.2) is 59.5 Å². The third kappa shape index (κ3) is 4.51. The number of aryl methyl sites for hydroxylation is 1. The lowest BCUT2D eigenvalue weighted by Crippen LogP contribution is -2.31. The smallest absolute Gasteiger partial charge is 0.207 e. The Labute approximate surface area is 130 Å². The number of rotatable bonds is 5. The maximum absolute atomic E-state index is 12.8. The molecule has 1 N–H and O–H groups in total. The Bertz CT molecular complexity index is 750. The SMILES string of the molecule is Cc1ccc(S(=O)(=O)NC(C)/C=C/c2ccc(F)cc2)cc1. The molecule has 5 heteroatoms. The Morgan fingerprint density at radius 3 is 2.23 bits per heavy atom. The van der Waals surface area contributed by atoms with Crippen LogP contribution < -0.4 is 4.72 Å². The average molecular weight is 319 g/mol. The quantitative estimate of drug-likeness (QED) is 0.916. The van der Waals surface area contributed by atoms with Crippen LogP contribution in [0, 0.1) is 12.7 Å². The Hall–Kier alpha value is -1.98. The van der Waals surface area contributed by atoms with Crippen molar-refractivity contribution in [3.63, 3.8) is 0 Å². The van der Waals surface area contributed by atoms with Crippen LogP contribution in [0.5, 0.6) is 0 Å². The fraction of sp³-hybridized carbons (Fsp3) is 0.176. The van der Waals surface area contributed by atoms with Gasteiger partial charge in [-0.1, -0.05) is 42.0 Å². The minimum Gasteiger partial charge on any atom is -0.207 e. The molecular weight excluding hydrogens is 301 g/mol. The highest BCUT2D eigenvalue weighted by Gasteiger charge is 2.15. The zero-order valence-corrected chi connectivity index (χ0v) is 13.3. The van der Waals surface area contributed by atoms with E-state index in [0.29, 0.717) is 0 Å². The van der Waals surface area contributed by atoms with E-state index in [2.05, 4.69) is 4.72 Å². The van der Waals surface area contributed by atoms with Crippen LogP contribution in [0.25, 0.3) is 6.08 Å². The highest BCUT2D eigenvalue weighted by Crippen LogP contribution is 2.11. The first kappa shape index (κ1) is 16.4. The van der Waals surface area contributed by atoms with E-state index in [-0.39, 0.29) is 16.8 Å². The molecule has 3 nitrogen and oxygen atoms in total. The molecule has 0 bridgehead atoms. The van der Waals surface area contributed by atoms with Crippen LogP contribution in [0.2, 0.25) is 0 Å². The summed E-state index contributed by atoms with van der Waals surface area (Å²) in [7, 11) is -3.55. The van der Waals surface area contributed by atoms with Gasteiger partial charge in [0.25, 0.3) is 0 Å².